The van der Waals surface area contributed by atoms with Gasteiger partial charge in [0.2, 0.25) is 0 Å². The van der Waals surface area contributed by atoms with Crippen LogP contribution < -0.4 is 5.32 Å². The number of hydrogen-bond acceptors (Lipinski definition) is 4. The van der Waals surface area contributed by atoms with E-state index < -0.39 is 0 Å². The maximum atomic E-state index is 4.50. The summed E-state index contributed by atoms with van der Waals surface area (Å²) in [4.78, 5) is 11.4. The third-order valence-corrected chi connectivity index (χ3v) is 4.36. The molecule has 0 spiro atoms. The molecule has 114 valence electrons. The molecule has 2 aromatic rings. The van der Waals surface area contributed by atoms with Crippen LogP contribution in [0.25, 0.3) is 5.65 Å². The predicted octanol–water partition coefficient (Wildman–Crippen LogP) is 3.03. The summed E-state index contributed by atoms with van der Waals surface area (Å²) >= 11 is 3.45. The van der Waals surface area contributed by atoms with Crippen molar-refractivity contribution in [3.05, 3.63) is 23.2 Å². The Labute approximate surface area is 133 Å². The van der Waals surface area contributed by atoms with E-state index in [4.69, 9.17) is 0 Å². The molecule has 21 heavy (non-hydrogen) atoms. The molecule has 3 rings (SSSR count). The van der Waals surface area contributed by atoms with Crippen LogP contribution in [0.5, 0.6) is 0 Å². The molecule has 1 fully saturated rings. The van der Waals surface area contributed by atoms with Crippen molar-refractivity contribution in [3.63, 3.8) is 0 Å². The first kappa shape index (κ1) is 14.8. The van der Waals surface area contributed by atoms with Crippen molar-refractivity contribution in [1.29, 1.82) is 0 Å². The smallest absolute Gasteiger partial charge is 0.180 e. The van der Waals surface area contributed by atoms with Crippen molar-refractivity contribution < 1.29 is 0 Å². The van der Waals surface area contributed by atoms with Crippen LogP contribution in [0.1, 0.15) is 26.2 Å². The molecule has 1 atom stereocenters. The van der Waals surface area contributed by atoms with Crippen molar-refractivity contribution in [2.24, 2.45) is 5.92 Å². The molecular formula is C15H22BrN5. The highest BCUT2D eigenvalue weighted by atomic mass is 79.9. The Balaban J connectivity index is 1.59. The second kappa shape index (κ2) is 6.75. The normalized spacial score (nSPS) is 18.0. The van der Waals surface area contributed by atoms with Gasteiger partial charge in [-0.2, -0.15) is 0 Å². The molecule has 2 aromatic heterocycles. The van der Waals surface area contributed by atoms with Crippen LogP contribution in [-0.2, 0) is 0 Å². The first-order valence-electron chi connectivity index (χ1n) is 7.68. The topological polar surface area (TPSA) is 45.5 Å². The van der Waals surface area contributed by atoms with E-state index in [0.717, 1.165) is 29.2 Å². The third-order valence-electron chi connectivity index (χ3n) is 3.98. The lowest BCUT2D eigenvalue weighted by Gasteiger charge is -2.29. The summed E-state index contributed by atoms with van der Waals surface area (Å²) < 4.78 is 2.80. The average Bonchev–Trinajstić information content (AvgIpc) is 2.94. The summed E-state index contributed by atoms with van der Waals surface area (Å²) in [7, 11) is 0. The average molecular weight is 352 g/mol. The number of halogens is 1. The first-order chi connectivity index (χ1) is 10.2. The second-order valence-corrected chi connectivity index (χ2v) is 6.73. The van der Waals surface area contributed by atoms with E-state index in [1.807, 2.05) is 16.8 Å². The van der Waals surface area contributed by atoms with E-state index >= 15 is 0 Å². The molecule has 5 nitrogen and oxygen atoms in total. The van der Waals surface area contributed by atoms with Crippen molar-refractivity contribution >= 4 is 27.4 Å². The zero-order chi connectivity index (χ0) is 14.7. The number of hydrogen-bond donors (Lipinski definition) is 1. The van der Waals surface area contributed by atoms with Gasteiger partial charge in [-0.3, -0.25) is 0 Å². The number of rotatable bonds is 5. The van der Waals surface area contributed by atoms with Gasteiger partial charge in [-0.05, 0) is 47.8 Å². The SMILES string of the molecule is CC(CNc1nc(Br)cn2ccnc12)CN1CCCCC1. The molecule has 1 aliphatic rings. The number of nitrogens with zero attached hydrogens (tertiary/aromatic N) is 4. The maximum absolute atomic E-state index is 4.50. The lowest BCUT2D eigenvalue weighted by molar-refractivity contribution is 0.204. The largest absolute Gasteiger partial charge is 0.367 e. The van der Waals surface area contributed by atoms with Crippen LogP contribution in [-0.4, -0.2) is 45.4 Å². The van der Waals surface area contributed by atoms with Crippen molar-refractivity contribution in [1.82, 2.24) is 19.3 Å². The van der Waals surface area contributed by atoms with Gasteiger partial charge in [-0.15, -0.1) is 0 Å². The molecule has 1 N–H and O–H groups in total. The Hall–Kier alpha value is -1.14. The Morgan fingerprint density at radius 1 is 1.33 bits per heavy atom. The van der Waals surface area contributed by atoms with E-state index in [2.05, 4.69) is 43.0 Å². The Bertz CT molecular complexity index is 591. The van der Waals surface area contributed by atoms with Crippen LogP contribution >= 0.6 is 15.9 Å². The van der Waals surface area contributed by atoms with Gasteiger partial charge in [0, 0.05) is 31.7 Å². The minimum absolute atomic E-state index is 0.596. The molecule has 1 aliphatic heterocycles. The molecular weight excluding hydrogens is 330 g/mol. The van der Waals surface area contributed by atoms with Gasteiger partial charge in [0.15, 0.2) is 11.5 Å². The molecule has 0 aromatic carbocycles. The summed E-state index contributed by atoms with van der Waals surface area (Å²) in [5.74, 6) is 1.44. The van der Waals surface area contributed by atoms with Gasteiger partial charge < -0.3 is 14.6 Å². The highest BCUT2D eigenvalue weighted by Crippen LogP contribution is 2.17. The minimum atomic E-state index is 0.596. The van der Waals surface area contributed by atoms with Crippen LogP contribution in [0.2, 0.25) is 0 Å². The summed E-state index contributed by atoms with van der Waals surface area (Å²) in [6.07, 6.45) is 9.74. The van der Waals surface area contributed by atoms with Crippen LogP contribution in [0.15, 0.2) is 23.2 Å². The Morgan fingerprint density at radius 2 is 2.14 bits per heavy atom. The highest BCUT2D eigenvalue weighted by Gasteiger charge is 2.14. The van der Waals surface area contributed by atoms with Crippen LogP contribution in [0.4, 0.5) is 5.82 Å². The van der Waals surface area contributed by atoms with E-state index in [9.17, 15) is 0 Å². The zero-order valence-corrected chi connectivity index (χ0v) is 14.0. The number of fused-ring (bicyclic) bond motifs is 1. The summed E-state index contributed by atoms with van der Waals surface area (Å²) in [6, 6.07) is 0. The van der Waals surface area contributed by atoms with E-state index in [1.54, 1.807) is 6.20 Å². The van der Waals surface area contributed by atoms with E-state index in [1.165, 1.54) is 32.4 Å². The number of likely N-dealkylation sites (tertiary alicyclic amines) is 1. The second-order valence-electron chi connectivity index (χ2n) is 5.92. The van der Waals surface area contributed by atoms with Gasteiger partial charge >= 0.3 is 0 Å². The highest BCUT2D eigenvalue weighted by molar-refractivity contribution is 9.10. The van der Waals surface area contributed by atoms with Gasteiger partial charge in [0.05, 0.1) is 0 Å². The number of anilines is 1. The van der Waals surface area contributed by atoms with Gasteiger partial charge in [-0.25, -0.2) is 9.97 Å². The fourth-order valence-electron chi connectivity index (χ4n) is 2.94. The minimum Gasteiger partial charge on any atom is -0.367 e. The van der Waals surface area contributed by atoms with Crippen molar-refractivity contribution in [2.45, 2.75) is 26.2 Å². The molecule has 0 saturated carbocycles. The predicted molar refractivity (Wildman–Crippen MR) is 88.6 cm³/mol. The number of piperidine rings is 1. The van der Waals surface area contributed by atoms with Crippen molar-refractivity contribution in [2.75, 3.05) is 31.5 Å². The van der Waals surface area contributed by atoms with Crippen molar-refractivity contribution in [3.8, 4) is 0 Å². The summed E-state index contributed by atoms with van der Waals surface area (Å²) in [5.41, 5.74) is 0.878. The fourth-order valence-corrected chi connectivity index (χ4v) is 3.34. The molecule has 6 heteroatoms. The van der Waals surface area contributed by atoms with Crippen LogP contribution in [0, 0.1) is 5.92 Å². The number of nitrogens with one attached hydrogen (secondary N) is 1. The molecule has 0 aliphatic carbocycles. The first-order valence-corrected chi connectivity index (χ1v) is 8.47. The lowest BCUT2D eigenvalue weighted by atomic mass is 10.1. The van der Waals surface area contributed by atoms with Gasteiger partial charge in [0.1, 0.15) is 4.60 Å². The van der Waals surface area contributed by atoms with E-state index in [0.29, 0.717) is 5.92 Å². The van der Waals surface area contributed by atoms with Crippen LogP contribution in [0.3, 0.4) is 0 Å². The molecule has 1 unspecified atom stereocenters. The fraction of sp³-hybridized carbons (Fsp3) is 0.600. The number of imidazole rings is 1. The zero-order valence-electron chi connectivity index (χ0n) is 12.4. The van der Waals surface area contributed by atoms with Gasteiger partial charge in [0.25, 0.3) is 0 Å². The maximum Gasteiger partial charge on any atom is 0.180 e. The summed E-state index contributed by atoms with van der Waals surface area (Å²) in [6.45, 7) is 6.88. The quantitative estimate of drug-likeness (QED) is 0.899. The standard InChI is InChI=1S/C15H22BrN5/c1-12(10-20-6-3-2-4-7-20)9-18-14-15-17-5-8-21(15)11-13(16)19-14/h5,8,11-12H,2-4,6-7,9-10H2,1H3,(H,18,19). The Kier molecular flexibility index (Phi) is 4.75. The van der Waals surface area contributed by atoms with Gasteiger partial charge in [-0.1, -0.05) is 13.3 Å². The lowest BCUT2D eigenvalue weighted by Crippen LogP contribution is -2.35. The molecule has 3 heterocycles. The molecule has 1 saturated heterocycles. The third kappa shape index (κ3) is 3.74. The molecule has 0 radical (unpaired) electrons. The number of aromatic nitrogens is 3. The molecule has 0 amide bonds. The monoisotopic (exact) mass is 351 g/mol. The van der Waals surface area contributed by atoms with E-state index in [-0.39, 0.29) is 0 Å². The Morgan fingerprint density at radius 3 is 2.95 bits per heavy atom. The summed E-state index contributed by atoms with van der Waals surface area (Å²) in [5, 5.41) is 3.45. The molecule has 0 bridgehead atoms.